The van der Waals surface area contributed by atoms with Gasteiger partial charge in [0.25, 0.3) is 0 Å². The Balaban J connectivity index is 1.61. The highest BCUT2D eigenvalue weighted by Gasteiger charge is 2.02. The Morgan fingerprint density at radius 2 is 1.60 bits per heavy atom. The van der Waals surface area contributed by atoms with Crippen LogP contribution in [-0.2, 0) is 10.5 Å². The van der Waals surface area contributed by atoms with Gasteiger partial charge >= 0.3 is 5.97 Å². The molecule has 0 aliphatic heterocycles. The van der Waals surface area contributed by atoms with Crippen LogP contribution in [0.25, 0.3) is 11.1 Å². The lowest BCUT2D eigenvalue weighted by molar-refractivity contribution is -0.139. The first-order valence-electron chi connectivity index (χ1n) is 7.92. The maximum absolute atomic E-state index is 10.5. The summed E-state index contributed by atoms with van der Waals surface area (Å²) in [5.74, 6) is 0.463. The van der Waals surface area contributed by atoms with Gasteiger partial charge in [0, 0.05) is 10.6 Å². The number of thioether (sulfide) groups is 1. The Morgan fingerprint density at radius 1 is 0.880 bits per heavy atom. The first kappa shape index (κ1) is 17.1. The zero-order valence-corrected chi connectivity index (χ0v) is 14.4. The quantitative estimate of drug-likeness (QED) is 0.602. The fourth-order valence-electron chi connectivity index (χ4n) is 2.42. The van der Waals surface area contributed by atoms with E-state index in [1.807, 2.05) is 30.3 Å². The molecule has 0 amide bonds. The molecular formula is C21H18O3S. The summed E-state index contributed by atoms with van der Waals surface area (Å²) >= 11 is 1.74. The van der Waals surface area contributed by atoms with E-state index < -0.39 is 5.97 Å². The monoisotopic (exact) mass is 350 g/mol. The topological polar surface area (TPSA) is 46.5 Å². The van der Waals surface area contributed by atoms with Crippen LogP contribution < -0.4 is 4.74 Å². The third-order valence-electron chi connectivity index (χ3n) is 3.63. The fourth-order valence-corrected chi connectivity index (χ4v) is 3.26. The number of carboxylic acid groups (broad SMARTS) is 1. The van der Waals surface area contributed by atoms with Gasteiger partial charge in [-0.1, -0.05) is 54.6 Å². The van der Waals surface area contributed by atoms with Gasteiger partial charge in [-0.15, -0.1) is 11.8 Å². The smallest absolute Gasteiger partial charge is 0.341 e. The van der Waals surface area contributed by atoms with Crippen molar-refractivity contribution in [3.63, 3.8) is 0 Å². The van der Waals surface area contributed by atoms with E-state index in [9.17, 15) is 4.79 Å². The molecular weight excluding hydrogens is 332 g/mol. The fraction of sp³-hybridized carbons (Fsp3) is 0.0952. The third-order valence-corrected chi connectivity index (χ3v) is 4.71. The molecule has 0 aliphatic carbocycles. The molecule has 3 rings (SSSR count). The van der Waals surface area contributed by atoms with Crippen LogP contribution in [0.1, 0.15) is 5.56 Å². The molecule has 25 heavy (non-hydrogen) atoms. The largest absolute Gasteiger partial charge is 0.482 e. The van der Waals surface area contributed by atoms with E-state index in [0.717, 1.165) is 10.6 Å². The van der Waals surface area contributed by atoms with Crippen LogP contribution in [0.15, 0.2) is 83.8 Å². The second-order valence-electron chi connectivity index (χ2n) is 5.51. The summed E-state index contributed by atoms with van der Waals surface area (Å²) in [7, 11) is 0. The Bertz CT molecular complexity index is 829. The number of hydrogen-bond acceptors (Lipinski definition) is 3. The van der Waals surface area contributed by atoms with Gasteiger partial charge in [0.05, 0.1) is 0 Å². The van der Waals surface area contributed by atoms with E-state index in [4.69, 9.17) is 9.84 Å². The van der Waals surface area contributed by atoms with Crippen LogP contribution in [-0.4, -0.2) is 17.7 Å². The number of carbonyl (C=O) groups is 1. The number of hydrogen-bond donors (Lipinski definition) is 1. The van der Waals surface area contributed by atoms with E-state index in [0.29, 0.717) is 5.75 Å². The summed E-state index contributed by atoms with van der Waals surface area (Å²) in [6.07, 6.45) is 0. The van der Waals surface area contributed by atoms with E-state index >= 15 is 0 Å². The van der Waals surface area contributed by atoms with Crippen molar-refractivity contribution in [3.8, 4) is 16.9 Å². The molecule has 126 valence electrons. The molecule has 3 aromatic rings. The van der Waals surface area contributed by atoms with Crippen LogP contribution in [0, 0.1) is 0 Å². The first-order valence-corrected chi connectivity index (χ1v) is 8.91. The molecule has 3 aromatic carbocycles. The van der Waals surface area contributed by atoms with Gasteiger partial charge in [-0.2, -0.15) is 0 Å². The van der Waals surface area contributed by atoms with Crippen LogP contribution >= 0.6 is 11.8 Å². The Kier molecular flexibility index (Phi) is 5.75. The van der Waals surface area contributed by atoms with Crippen molar-refractivity contribution in [1.29, 1.82) is 0 Å². The molecule has 0 aliphatic rings. The molecule has 0 saturated heterocycles. The minimum Gasteiger partial charge on any atom is -0.482 e. The Morgan fingerprint density at radius 3 is 2.32 bits per heavy atom. The highest BCUT2D eigenvalue weighted by atomic mass is 32.2. The average Bonchev–Trinajstić information content (AvgIpc) is 2.66. The lowest BCUT2D eigenvalue weighted by Crippen LogP contribution is -2.09. The molecule has 0 spiro atoms. The SMILES string of the molecule is O=C(O)COc1ccc(SCc2cccc(-c3ccccc3)c2)cc1. The van der Waals surface area contributed by atoms with Crippen LogP contribution in [0.2, 0.25) is 0 Å². The van der Waals surface area contributed by atoms with Crippen molar-refractivity contribution in [2.75, 3.05) is 6.61 Å². The third kappa shape index (κ3) is 5.13. The molecule has 4 heteroatoms. The highest BCUT2D eigenvalue weighted by molar-refractivity contribution is 7.98. The van der Waals surface area contributed by atoms with E-state index in [2.05, 4.69) is 36.4 Å². The minimum atomic E-state index is -0.975. The number of aliphatic carboxylic acids is 1. The van der Waals surface area contributed by atoms with Gasteiger partial charge in [-0.3, -0.25) is 0 Å². The average molecular weight is 350 g/mol. The standard InChI is InChI=1S/C21H18O3S/c22-21(23)14-24-19-9-11-20(12-10-19)25-15-16-5-4-8-18(13-16)17-6-2-1-3-7-17/h1-13H,14-15H2,(H,22,23). The highest BCUT2D eigenvalue weighted by Crippen LogP contribution is 2.27. The van der Waals surface area contributed by atoms with Gasteiger partial charge < -0.3 is 9.84 Å². The van der Waals surface area contributed by atoms with E-state index in [1.165, 1.54) is 16.7 Å². The number of benzene rings is 3. The Labute approximate surface area is 151 Å². The molecule has 0 unspecified atom stereocenters. The number of carboxylic acids is 1. The zero-order valence-electron chi connectivity index (χ0n) is 13.6. The van der Waals surface area contributed by atoms with Gasteiger partial charge in [-0.05, 0) is 41.0 Å². The van der Waals surface area contributed by atoms with Crippen molar-refractivity contribution in [3.05, 3.63) is 84.4 Å². The van der Waals surface area contributed by atoms with Crippen molar-refractivity contribution in [1.82, 2.24) is 0 Å². The molecule has 1 N–H and O–H groups in total. The van der Waals surface area contributed by atoms with Crippen molar-refractivity contribution in [2.24, 2.45) is 0 Å². The summed E-state index contributed by atoms with van der Waals surface area (Å²) in [5, 5.41) is 8.62. The molecule has 0 aromatic heterocycles. The van der Waals surface area contributed by atoms with Crippen LogP contribution in [0.5, 0.6) is 5.75 Å². The van der Waals surface area contributed by atoms with Gasteiger partial charge in [0.15, 0.2) is 6.61 Å². The van der Waals surface area contributed by atoms with Gasteiger partial charge in [0.1, 0.15) is 5.75 Å². The summed E-state index contributed by atoms with van der Waals surface area (Å²) in [5.41, 5.74) is 3.70. The lowest BCUT2D eigenvalue weighted by Gasteiger charge is -2.07. The van der Waals surface area contributed by atoms with E-state index in [-0.39, 0.29) is 6.61 Å². The molecule has 0 saturated carbocycles. The molecule has 0 bridgehead atoms. The summed E-state index contributed by atoms with van der Waals surface area (Å²) in [6.45, 7) is -0.321. The van der Waals surface area contributed by atoms with Crippen molar-refractivity contribution < 1.29 is 14.6 Å². The zero-order chi connectivity index (χ0) is 17.5. The summed E-state index contributed by atoms with van der Waals surface area (Å²) in [4.78, 5) is 11.6. The maximum atomic E-state index is 10.5. The minimum absolute atomic E-state index is 0.321. The van der Waals surface area contributed by atoms with Crippen LogP contribution in [0.3, 0.4) is 0 Å². The van der Waals surface area contributed by atoms with Gasteiger partial charge in [-0.25, -0.2) is 4.79 Å². The first-order chi connectivity index (χ1) is 12.2. The predicted octanol–water partition coefficient (Wildman–Crippen LogP) is 5.11. The van der Waals surface area contributed by atoms with E-state index in [1.54, 1.807) is 23.9 Å². The Hall–Kier alpha value is -2.72. The van der Waals surface area contributed by atoms with Crippen molar-refractivity contribution in [2.45, 2.75) is 10.6 Å². The maximum Gasteiger partial charge on any atom is 0.341 e. The molecule has 0 radical (unpaired) electrons. The normalized spacial score (nSPS) is 10.4. The molecule has 3 nitrogen and oxygen atoms in total. The predicted molar refractivity (Wildman–Crippen MR) is 101 cm³/mol. The second-order valence-corrected chi connectivity index (χ2v) is 6.56. The van der Waals surface area contributed by atoms with Gasteiger partial charge in [0.2, 0.25) is 0 Å². The summed E-state index contributed by atoms with van der Waals surface area (Å²) in [6, 6.07) is 26.4. The van der Waals surface area contributed by atoms with Crippen molar-refractivity contribution >= 4 is 17.7 Å². The second kappa shape index (κ2) is 8.40. The lowest BCUT2D eigenvalue weighted by atomic mass is 10.0. The molecule has 0 heterocycles. The molecule has 0 atom stereocenters. The number of rotatable bonds is 7. The number of ether oxygens (including phenoxy) is 1. The van der Waals surface area contributed by atoms with Crippen LogP contribution in [0.4, 0.5) is 0 Å². The summed E-state index contributed by atoms with van der Waals surface area (Å²) < 4.78 is 5.14. The molecule has 0 fully saturated rings.